The van der Waals surface area contributed by atoms with Crippen LogP contribution in [0.1, 0.15) is 29.8 Å². The van der Waals surface area contributed by atoms with Crippen LogP contribution >= 0.6 is 11.7 Å². The van der Waals surface area contributed by atoms with E-state index in [0.29, 0.717) is 29.2 Å². The maximum Gasteiger partial charge on any atom is 0.251 e. The van der Waals surface area contributed by atoms with E-state index in [1.165, 1.54) is 0 Å². The molecule has 2 aromatic carbocycles. The fraction of sp³-hybridized carbons (Fsp3) is 0.300. The average Bonchev–Trinajstić information content (AvgIpc) is 3.15. The quantitative estimate of drug-likeness (QED) is 0.568. The van der Waals surface area contributed by atoms with Crippen LogP contribution in [-0.2, 0) is 4.79 Å². The normalized spacial score (nSPS) is 10.9. The summed E-state index contributed by atoms with van der Waals surface area (Å²) in [5, 5.41) is 8.87. The lowest BCUT2D eigenvalue weighted by Crippen LogP contribution is -2.27. The molecule has 1 heterocycles. The van der Waals surface area contributed by atoms with Crippen molar-refractivity contribution in [3.8, 4) is 0 Å². The smallest absolute Gasteiger partial charge is 0.251 e. The lowest BCUT2D eigenvalue weighted by Gasteiger charge is -2.12. The number of aryl methyl sites for hydroxylation is 1. The van der Waals surface area contributed by atoms with Gasteiger partial charge in [0, 0.05) is 17.8 Å². The monoisotopic (exact) mass is 397 g/mol. The molecule has 0 aliphatic rings. The van der Waals surface area contributed by atoms with E-state index in [1.54, 1.807) is 12.1 Å². The first-order valence-electron chi connectivity index (χ1n) is 9.08. The van der Waals surface area contributed by atoms with E-state index >= 15 is 0 Å². The number of carbonyl (C=O) groups is 2. The molecule has 3 aromatic rings. The van der Waals surface area contributed by atoms with Gasteiger partial charge in [-0.15, -0.1) is 0 Å². The van der Waals surface area contributed by atoms with Gasteiger partial charge >= 0.3 is 0 Å². The number of rotatable bonds is 7. The maximum atomic E-state index is 12.3. The van der Waals surface area contributed by atoms with Crippen LogP contribution in [0.4, 0.5) is 11.4 Å². The molecule has 1 aromatic heterocycles. The molecule has 28 heavy (non-hydrogen) atoms. The van der Waals surface area contributed by atoms with E-state index in [1.807, 2.05) is 31.2 Å². The van der Waals surface area contributed by atoms with Crippen LogP contribution in [0.3, 0.4) is 0 Å². The number of hydrogen-bond donors (Lipinski definition) is 3. The second-order valence-corrected chi connectivity index (χ2v) is 7.50. The lowest BCUT2D eigenvalue weighted by atomic mass is 10.1. The Morgan fingerprint density at radius 3 is 2.68 bits per heavy atom. The van der Waals surface area contributed by atoms with Gasteiger partial charge in [-0.2, -0.15) is 8.75 Å². The zero-order valence-electron chi connectivity index (χ0n) is 16.1. The number of nitrogens with zero attached hydrogens (tertiary/aromatic N) is 2. The fourth-order valence-corrected chi connectivity index (χ4v) is 3.23. The molecule has 146 valence electrons. The van der Waals surface area contributed by atoms with Gasteiger partial charge in [0.05, 0.1) is 24.0 Å². The van der Waals surface area contributed by atoms with E-state index in [-0.39, 0.29) is 18.4 Å². The zero-order valence-corrected chi connectivity index (χ0v) is 16.9. The van der Waals surface area contributed by atoms with Crippen LogP contribution < -0.4 is 16.0 Å². The molecule has 0 fully saturated rings. The third kappa shape index (κ3) is 4.83. The molecule has 0 unspecified atom stereocenters. The minimum absolute atomic E-state index is 0.0916. The van der Waals surface area contributed by atoms with Crippen molar-refractivity contribution < 1.29 is 9.59 Å². The molecular formula is C20H23N5O2S. The Hall–Kier alpha value is -3.00. The number of anilines is 2. The largest absolute Gasteiger partial charge is 0.376 e. The van der Waals surface area contributed by atoms with Gasteiger partial charge in [0.1, 0.15) is 11.0 Å². The van der Waals surface area contributed by atoms with Gasteiger partial charge in [-0.25, -0.2) is 0 Å². The van der Waals surface area contributed by atoms with Crippen LogP contribution in [0.2, 0.25) is 0 Å². The average molecular weight is 398 g/mol. The number of carbonyl (C=O) groups excluding carboxylic acids is 2. The second-order valence-electron chi connectivity index (χ2n) is 6.97. The number of nitrogens with one attached hydrogen (secondary N) is 3. The summed E-state index contributed by atoms with van der Waals surface area (Å²) in [5.74, 6) is 0.125. The lowest BCUT2D eigenvalue weighted by molar-refractivity contribution is -0.114. The summed E-state index contributed by atoms with van der Waals surface area (Å²) < 4.78 is 8.38. The number of aromatic nitrogens is 2. The first-order chi connectivity index (χ1) is 13.4. The molecule has 0 saturated carbocycles. The fourth-order valence-electron chi connectivity index (χ4n) is 2.68. The highest BCUT2D eigenvalue weighted by Crippen LogP contribution is 2.21. The Balaban J connectivity index is 1.59. The van der Waals surface area contributed by atoms with E-state index in [2.05, 4.69) is 38.5 Å². The molecular weight excluding hydrogens is 374 g/mol. The maximum absolute atomic E-state index is 12.3. The van der Waals surface area contributed by atoms with Crippen molar-refractivity contribution in [3.63, 3.8) is 0 Å². The highest BCUT2D eigenvalue weighted by molar-refractivity contribution is 7.00. The van der Waals surface area contributed by atoms with Gasteiger partial charge in [0.2, 0.25) is 5.91 Å². The van der Waals surface area contributed by atoms with Crippen LogP contribution in [0.25, 0.3) is 11.0 Å². The third-order valence-electron chi connectivity index (χ3n) is 4.16. The number of amides is 2. The van der Waals surface area contributed by atoms with Crippen LogP contribution in [0.5, 0.6) is 0 Å². The van der Waals surface area contributed by atoms with Crippen molar-refractivity contribution in [2.45, 2.75) is 20.8 Å². The van der Waals surface area contributed by atoms with Crippen LogP contribution in [-0.4, -0.2) is 33.7 Å². The molecule has 0 aliphatic carbocycles. The van der Waals surface area contributed by atoms with E-state index in [0.717, 1.165) is 28.5 Å². The minimum Gasteiger partial charge on any atom is -0.376 e. The second kappa shape index (κ2) is 8.79. The molecule has 0 atom stereocenters. The number of benzene rings is 2. The molecule has 7 nitrogen and oxygen atoms in total. The molecule has 3 N–H and O–H groups in total. The number of hydrogen-bond acceptors (Lipinski definition) is 6. The summed E-state index contributed by atoms with van der Waals surface area (Å²) in [7, 11) is 0. The summed E-state index contributed by atoms with van der Waals surface area (Å²) in [5.41, 5.74) is 4.41. The van der Waals surface area contributed by atoms with Crippen molar-refractivity contribution in [3.05, 3.63) is 47.5 Å². The topological polar surface area (TPSA) is 96.0 Å². The van der Waals surface area contributed by atoms with Crippen molar-refractivity contribution >= 4 is 46.0 Å². The molecule has 0 saturated heterocycles. The summed E-state index contributed by atoms with van der Waals surface area (Å²) in [6.07, 6.45) is 0. The predicted molar refractivity (Wildman–Crippen MR) is 113 cm³/mol. The standard InChI is InChI=1S/C20H23N5O2S/c1-12(2)10-22-20(27)14-7-8-15(13(3)9-14)21-11-18(26)23-16-5-4-6-17-19(16)25-28-24-17/h4-9,12,21H,10-11H2,1-3H3,(H,22,27)(H,23,26). The SMILES string of the molecule is Cc1cc(C(=O)NCC(C)C)ccc1NCC(=O)Nc1cccc2nsnc12. The summed E-state index contributed by atoms with van der Waals surface area (Å²) in [6.45, 7) is 6.75. The summed E-state index contributed by atoms with van der Waals surface area (Å²) in [6, 6.07) is 10.9. The summed E-state index contributed by atoms with van der Waals surface area (Å²) in [4.78, 5) is 24.5. The van der Waals surface area contributed by atoms with E-state index < -0.39 is 0 Å². The van der Waals surface area contributed by atoms with Gasteiger partial charge in [-0.05, 0) is 48.7 Å². The van der Waals surface area contributed by atoms with Crippen molar-refractivity contribution in [2.75, 3.05) is 23.7 Å². The predicted octanol–water partition coefficient (Wildman–Crippen LogP) is 3.44. The molecule has 0 radical (unpaired) electrons. The van der Waals surface area contributed by atoms with Crippen LogP contribution in [0.15, 0.2) is 36.4 Å². The van der Waals surface area contributed by atoms with E-state index in [9.17, 15) is 9.59 Å². The molecule has 3 rings (SSSR count). The Morgan fingerprint density at radius 2 is 1.93 bits per heavy atom. The highest BCUT2D eigenvalue weighted by Gasteiger charge is 2.11. The van der Waals surface area contributed by atoms with Gasteiger partial charge in [0.15, 0.2) is 0 Å². The Labute approximate surface area is 167 Å². The molecule has 0 spiro atoms. The van der Waals surface area contributed by atoms with Gasteiger partial charge in [0.25, 0.3) is 5.91 Å². The van der Waals surface area contributed by atoms with Crippen molar-refractivity contribution in [1.29, 1.82) is 0 Å². The Kier molecular flexibility index (Phi) is 6.20. The Bertz CT molecular complexity index is 999. The minimum atomic E-state index is -0.182. The molecule has 0 aliphatic heterocycles. The first kappa shape index (κ1) is 19.8. The molecule has 2 amide bonds. The van der Waals surface area contributed by atoms with E-state index in [4.69, 9.17) is 0 Å². The summed E-state index contributed by atoms with van der Waals surface area (Å²) >= 11 is 1.12. The molecule has 0 bridgehead atoms. The first-order valence-corrected chi connectivity index (χ1v) is 9.81. The van der Waals surface area contributed by atoms with Gasteiger partial charge in [-0.3, -0.25) is 9.59 Å². The highest BCUT2D eigenvalue weighted by atomic mass is 32.1. The van der Waals surface area contributed by atoms with Crippen LogP contribution in [0, 0.1) is 12.8 Å². The third-order valence-corrected chi connectivity index (χ3v) is 4.70. The van der Waals surface area contributed by atoms with Crippen molar-refractivity contribution in [2.24, 2.45) is 5.92 Å². The van der Waals surface area contributed by atoms with Crippen molar-refractivity contribution in [1.82, 2.24) is 14.1 Å². The van der Waals surface area contributed by atoms with Gasteiger partial charge < -0.3 is 16.0 Å². The number of fused-ring (bicyclic) bond motifs is 1. The Morgan fingerprint density at radius 1 is 1.11 bits per heavy atom. The zero-order chi connectivity index (χ0) is 20.1. The van der Waals surface area contributed by atoms with Gasteiger partial charge in [-0.1, -0.05) is 19.9 Å². The molecule has 8 heteroatoms.